The number of hydrogen-bond donors (Lipinski definition) is 0. The van der Waals surface area contributed by atoms with Gasteiger partial charge in [0.25, 0.3) is 5.91 Å². The van der Waals surface area contributed by atoms with Crippen molar-refractivity contribution in [2.45, 2.75) is 6.61 Å². The summed E-state index contributed by atoms with van der Waals surface area (Å²) in [6.45, 7) is 0.239. The Morgan fingerprint density at radius 3 is 2.52 bits per heavy atom. The molecule has 3 rings (SSSR count). The number of carbonyl (C=O) groups is 1. The summed E-state index contributed by atoms with van der Waals surface area (Å²) in [6, 6.07) is 8.74. The average molecular weight is 472 g/mol. The van der Waals surface area contributed by atoms with Crippen molar-refractivity contribution in [2.75, 3.05) is 21.2 Å². The van der Waals surface area contributed by atoms with Crippen LogP contribution in [0.5, 0.6) is 11.5 Å². The maximum Gasteiger partial charge on any atom is 0.266 e. The highest BCUT2D eigenvalue weighted by Crippen LogP contribution is 2.39. The first-order chi connectivity index (χ1) is 13.8. The molecule has 5 nitrogen and oxygen atoms in total. The fourth-order valence-electron chi connectivity index (χ4n) is 2.65. The lowest BCUT2D eigenvalue weighted by molar-refractivity contribution is -0.121. The number of hydrogen-bond acceptors (Lipinski definition) is 5. The molecular formula is C20H17Cl3N2O3S. The van der Waals surface area contributed by atoms with Gasteiger partial charge in [0.1, 0.15) is 6.61 Å². The van der Waals surface area contributed by atoms with E-state index in [1.54, 1.807) is 44.4 Å². The van der Waals surface area contributed by atoms with Crippen LogP contribution in [0, 0.1) is 0 Å². The zero-order chi connectivity index (χ0) is 21.1. The molecule has 1 amide bonds. The van der Waals surface area contributed by atoms with Crippen LogP contribution in [0.4, 0.5) is 0 Å². The van der Waals surface area contributed by atoms with Gasteiger partial charge in [0.05, 0.1) is 27.1 Å². The van der Waals surface area contributed by atoms with Crippen LogP contribution in [0.25, 0.3) is 6.08 Å². The molecule has 152 valence electrons. The number of halogens is 3. The molecule has 29 heavy (non-hydrogen) atoms. The predicted molar refractivity (Wildman–Crippen MR) is 120 cm³/mol. The summed E-state index contributed by atoms with van der Waals surface area (Å²) >= 11 is 19.7. The van der Waals surface area contributed by atoms with Crippen molar-refractivity contribution in [3.05, 3.63) is 61.4 Å². The molecule has 0 N–H and O–H groups in total. The van der Waals surface area contributed by atoms with Crippen molar-refractivity contribution in [1.29, 1.82) is 0 Å². The molecular weight excluding hydrogens is 455 g/mol. The van der Waals surface area contributed by atoms with Crippen LogP contribution >= 0.6 is 46.6 Å². The smallest absolute Gasteiger partial charge is 0.266 e. The molecule has 0 aliphatic carbocycles. The zero-order valence-corrected chi connectivity index (χ0v) is 18.9. The van der Waals surface area contributed by atoms with Crippen LogP contribution in [0.2, 0.25) is 15.1 Å². The maximum atomic E-state index is 12.3. The molecule has 0 bridgehead atoms. The minimum atomic E-state index is -0.120. The van der Waals surface area contributed by atoms with Crippen molar-refractivity contribution in [3.8, 4) is 11.5 Å². The minimum Gasteiger partial charge on any atom is -0.493 e. The number of ether oxygens (including phenoxy) is 2. The number of benzene rings is 2. The Bertz CT molecular complexity index is 1020. The van der Waals surface area contributed by atoms with Crippen LogP contribution in [0.1, 0.15) is 11.1 Å². The first-order valence-corrected chi connectivity index (χ1v) is 10.4. The van der Waals surface area contributed by atoms with Gasteiger partial charge in [-0.05, 0) is 53.2 Å². The number of amidine groups is 1. The van der Waals surface area contributed by atoms with Gasteiger partial charge in [0.15, 0.2) is 16.7 Å². The highest BCUT2D eigenvalue weighted by molar-refractivity contribution is 8.18. The van der Waals surface area contributed by atoms with E-state index in [9.17, 15) is 4.79 Å². The van der Waals surface area contributed by atoms with Gasteiger partial charge >= 0.3 is 0 Å². The monoisotopic (exact) mass is 470 g/mol. The van der Waals surface area contributed by atoms with Crippen molar-refractivity contribution in [1.82, 2.24) is 4.90 Å². The molecule has 2 aromatic rings. The van der Waals surface area contributed by atoms with Gasteiger partial charge in [-0.25, -0.2) is 0 Å². The number of rotatable bonds is 5. The Hall–Kier alpha value is -1.86. The molecule has 0 saturated carbocycles. The van der Waals surface area contributed by atoms with E-state index in [4.69, 9.17) is 44.3 Å². The summed E-state index contributed by atoms with van der Waals surface area (Å²) in [5.74, 6) is 0.740. The molecule has 1 fully saturated rings. The van der Waals surface area contributed by atoms with E-state index in [-0.39, 0.29) is 12.5 Å². The maximum absolute atomic E-state index is 12.3. The van der Waals surface area contributed by atoms with Gasteiger partial charge in [-0.15, -0.1) is 0 Å². The van der Waals surface area contributed by atoms with Crippen LogP contribution < -0.4 is 9.47 Å². The van der Waals surface area contributed by atoms with Gasteiger partial charge in [-0.3, -0.25) is 14.7 Å². The summed E-state index contributed by atoms with van der Waals surface area (Å²) < 4.78 is 11.3. The molecule has 0 aromatic heterocycles. The number of carbonyl (C=O) groups excluding carboxylic acids is 1. The van der Waals surface area contributed by atoms with E-state index in [1.165, 1.54) is 23.8 Å². The lowest BCUT2D eigenvalue weighted by atomic mass is 10.1. The molecule has 1 saturated heterocycles. The van der Waals surface area contributed by atoms with Crippen LogP contribution in [0.15, 0.2) is 40.2 Å². The van der Waals surface area contributed by atoms with Crippen LogP contribution in [0.3, 0.4) is 0 Å². The average Bonchev–Trinajstić information content (AvgIpc) is 2.97. The van der Waals surface area contributed by atoms with Crippen molar-refractivity contribution >= 4 is 63.7 Å². The molecule has 1 heterocycles. The van der Waals surface area contributed by atoms with Crippen molar-refractivity contribution in [3.63, 3.8) is 0 Å². The molecule has 9 heteroatoms. The van der Waals surface area contributed by atoms with E-state index in [0.717, 1.165) is 11.1 Å². The molecule has 1 aliphatic rings. The summed E-state index contributed by atoms with van der Waals surface area (Å²) in [5, 5.41) is 1.93. The summed E-state index contributed by atoms with van der Waals surface area (Å²) in [4.78, 5) is 18.5. The number of aliphatic imine (C=N–C) groups is 1. The van der Waals surface area contributed by atoms with Gasteiger partial charge in [0.2, 0.25) is 0 Å². The fourth-order valence-corrected chi connectivity index (χ4v) is 4.17. The normalized spacial score (nSPS) is 16.8. The predicted octanol–water partition coefficient (Wildman–Crippen LogP) is 5.77. The van der Waals surface area contributed by atoms with Crippen molar-refractivity contribution in [2.24, 2.45) is 4.99 Å². The van der Waals surface area contributed by atoms with E-state index in [0.29, 0.717) is 36.6 Å². The number of methoxy groups -OCH3 is 1. The number of amides is 1. The first-order valence-electron chi connectivity index (χ1n) is 8.42. The van der Waals surface area contributed by atoms with E-state index < -0.39 is 0 Å². The summed E-state index contributed by atoms with van der Waals surface area (Å²) in [5.41, 5.74) is 1.56. The molecule has 0 radical (unpaired) electrons. The molecule has 0 atom stereocenters. The summed E-state index contributed by atoms with van der Waals surface area (Å²) in [6.07, 6.45) is 1.75. The lowest BCUT2D eigenvalue weighted by Gasteiger charge is -2.14. The third kappa shape index (κ3) is 4.83. The SMILES string of the molecule is CN=C1S/C(=C\c2cc(Cl)c(OCc3ccc(Cl)c(Cl)c3)c(OC)c2)C(=O)N1C. The zero-order valence-electron chi connectivity index (χ0n) is 15.8. The second kappa shape index (κ2) is 9.30. The van der Waals surface area contributed by atoms with Gasteiger partial charge < -0.3 is 9.47 Å². The van der Waals surface area contributed by atoms with Gasteiger partial charge in [0, 0.05) is 14.1 Å². The highest BCUT2D eigenvalue weighted by Gasteiger charge is 2.29. The number of likely N-dealkylation sites (N-methyl/N-ethyl adjacent to an activating group) is 1. The Balaban J connectivity index is 1.85. The third-order valence-electron chi connectivity index (χ3n) is 4.11. The topological polar surface area (TPSA) is 51.1 Å². The Morgan fingerprint density at radius 2 is 1.90 bits per heavy atom. The van der Waals surface area contributed by atoms with E-state index in [1.807, 2.05) is 6.07 Å². The van der Waals surface area contributed by atoms with E-state index in [2.05, 4.69) is 4.99 Å². The quantitative estimate of drug-likeness (QED) is 0.520. The van der Waals surface area contributed by atoms with Gasteiger partial charge in [-0.2, -0.15) is 0 Å². The second-order valence-electron chi connectivity index (χ2n) is 6.05. The largest absolute Gasteiger partial charge is 0.493 e. The Morgan fingerprint density at radius 1 is 1.14 bits per heavy atom. The Kier molecular flexibility index (Phi) is 7.01. The summed E-state index contributed by atoms with van der Waals surface area (Å²) in [7, 11) is 4.86. The van der Waals surface area contributed by atoms with E-state index >= 15 is 0 Å². The molecule has 2 aromatic carbocycles. The first kappa shape index (κ1) is 21.8. The third-order valence-corrected chi connectivity index (χ3v) is 6.28. The van der Waals surface area contributed by atoms with Crippen molar-refractivity contribution < 1.29 is 14.3 Å². The minimum absolute atomic E-state index is 0.120. The fraction of sp³-hybridized carbons (Fsp3) is 0.200. The molecule has 1 aliphatic heterocycles. The number of nitrogens with zero attached hydrogens (tertiary/aromatic N) is 2. The van der Waals surface area contributed by atoms with Crippen LogP contribution in [-0.2, 0) is 11.4 Å². The Labute approximate surface area is 188 Å². The molecule has 0 unspecified atom stereocenters. The highest BCUT2D eigenvalue weighted by atomic mass is 35.5. The van der Waals surface area contributed by atoms with Gasteiger partial charge in [-0.1, -0.05) is 40.9 Å². The number of thioether (sulfide) groups is 1. The van der Waals surface area contributed by atoms with Crippen LogP contribution in [-0.4, -0.2) is 37.2 Å². The second-order valence-corrected chi connectivity index (χ2v) is 8.28. The lowest BCUT2D eigenvalue weighted by Crippen LogP contribution is -2.23. The standard InChI is InChI=1S/C20H17Cl3N2O3S/c1-24-20-25(2)19(26)17(29-20)9-12-7-15(23)18(16(8-12)27-3)28-10-11-4-5-13(21)14(22)6-11/h4-9H,10H2,1-3H3/b17-9-,24-20?. The molecule has 0 spiro atoms.